The molecule has 3 nitrogen and oxygen atoms in total. The second-order valence-corrected chi connectivity index (χ2v) is 3.70. The quantitative estimate of drug-likeness (QED) is 0.836. The topological polar surface area (TPSA) is 40.7 Å². The molecule has 0 unspecified atom stereocenters. The van der Waals surface area contributed by atoms with Crippen molar-refractivity contribution in [1.82, 2.24) is 15.5 Å². The Morgan fingerprint density at radius 1 is 1.40 bits per heavy atom. The second kappa shape index (κ2) is 4.47. The van der Waals surface area contributed by atoms with Crippen LogP contribution in [-0.4, -0.2) is 17.2 Å². The zero-order valence-corrected chi connectivity index (χ0v) is 9.17. The highest BCUT2D eigenvalue weighted by Gasteiger charge is 2.06. The number of benzene rings is 1. The predicted octanol–water partition coefficient (Wildman–Crippen LogP) is 2.45. The van der Waals surface area contributed by atoms with E-state index in [0.717, 1.165) is 28.5 Å². The monoisotopic (exact) mass is 221 g/mol. The first kappa shape index (κ1) is 10.2. The van der Waals surface area contributed by atoms with Crippen molar-refractivity contribution in [2.45, 2.75) is 6.54 Å². The summed E-state index contributed by atoms with van der Waals surface area (Å²) in [6.07, 6.45) is 0. The van der Waals surface area contributed by atoms with Crippen LogP contribution in [0.3, 0.4) is 0 Å². The van der Waals surface area contributed by atoms with Crippen molar-refractivity contribution in [2.75, 3.05) is 7.05 Å². The number of H-pyrrole nitrogens is 1. The number of nitrogens with zero attached hydrogens (tertiary/aromatic N) is 1. The van der Waals surface area contributed by atoms with Gasteiger partial charge in [-0.1, -0.05) is 29.8 Å². The highest BCUT2D eigenvalue weighted by atomic mass is 35.5. The lowest BCUT2D eigenvalue weighted by molar-refractivity contribution is 0.784. The molecule has 4 heteroatoms. The fourth-order valence-electron chi connectivity index (χ4n) is 1.45. The van der Waals surface area contributed by atoms with Crippen molar-refractivity contribution in [3.8, 4) is 11.3 Å². The van der Waals surface area contributed by atoms with E-state index in [1.807, 2.05) is 37.4 Å². The molecule has 1 heterocycles. The molecule has 0 radical (unpaired) electrons. The van der Waals surface area contributed by atoms with Crippen LogP contribution in [0.2, 0.25) is 5.02 Å². The summed E-state index contributed by atoms with van der Waals surface area (Å²) in [4.78, 5) is 0. The second-order valence-electron chi connectivity index (χ2n) is 3.29. The Kier molecular flexibility index (Phi) is 3.04. The molecule has 78 valence electrons. The van der Waals surface area contributed by atoms with Crippen LogP contribution in [-0.2, 0) is 6.54 Å². The molecule has 2 aromatic rings. The van der Waals surface area contributed by atoms with Gasteiger partial charge in [0.25, 0.3) is 0 Å². The van der Waals surface area contributed by atoms with E-state index in [2.05, 4.69) is 15.5 Å². The molecule has 0 saturated heterocycles. The third kappa shape index (κ3) is 2.19. The van der Waals surface area contributed by atoms with Crippen LogP contribution in [0.25, 0.3) is 11.3 Å². The SMILES string of the molecule is CNCc1cc(-c2ccccc2Cl)n[nH]1. The van der Waals surface area contributed by atoms with Gasteiger partial charge < -0.3 is 5.32 Å². The van der Waals surface area contributed by atoms with Crippen molar-refractivity contribution in [3.63, 3.8) is 0 Å². The number of aromatic amines is 1. The Balaban J connectivity index is 2.33. The van der Waals surface area contributed by atoms with Crippen LogP contribution in [0.5, 0.6) is 0 Å². The Morgan fingerprint density at radius 3 is 2.93 bits per heavy atom. The fourth-order valence-corrected chi connectivity index (χ4v) is 1.68. The Bertz CT molecular complexity index is 451. The first-order chi connectivity index (χ1) is 7.31. The Hall–Kier alpha value is -1.32. The molecule has 0 saturated carbocycles. The minimum atomic E-state index is 0.722. The van der Waals surface area contributed by atoms with E-state index in [4.69, 9.17) is 11.6 Å². The summed E-state index contributed by atoms with van der Waals surface area (Å²) in [6.45, 7) is 0.775. The van der Waals surface area contributed by atoms with Crippen molar-refractivity contribution in [1.29, 1.82) is 0 Å². The molecule has 2 N–H and O–H groups in total. The molecule has 2 rings (SSSR count). The zero-order chi connectivity index (χ0) is 10.7. The van der Waals surface area contributed by atoms with Gasteiger partial charge >= 0.3 is 0 Å². The van der Waals surface area contributed by atoms with Crippen LogP contribution < -0.4 is 5.32 Å². The summed E-state index contributed by atoms with van der Waals surface area (Å²) in [7, 11) is 1.90. The summed E-state index contributed by atoms with van der Waals surface area (Å²) >= 11 is 6.08. The number of nitrogens with one attached hydrogen (secondary N) is 2. The minimum Gasteiger partial charge on any atom is -0.314 e. The molecule has 1 aromatic heterocycles. The molecular formula is C11H12ClN3. The lowest BCUT2D eigenvalue weighted by atomic mass is 10.1. The van der Waals surface area contributed by atoms with Crippen molar-refractivity contribution >= 4 is 11.6 Å². The highest BCUT2D eigenvalue weighted by molar-refractivity contribution is 6.33. The van der Waals surface area contributed by atoms with E-state index < -0.39 is 0 Å². The molecule has 1 aromatic carbocycles. The molecule has 0 aliphatic rings. The average molecular weight is 222 g/mol. The van der Waals surface area contributed by atoms with Crippen molar-refractivity contribution in [3.05, 3.63) is 41.0 Å². The van der Waals surface area contributed by atoms with E-state index in [-0.39, 0.29) is 0 Å². The highest BCUT2D eigenvalue weighted by Crippen LogP contribution is 2.25. The molecule has 0 bridgehead atoms. The first-order valence-electron chi connectivity index (χ1n) is 4.75. The van der Waals surface area contributed by atoms with Crippen LogP contribution in [0.15, 0.2) is 30.3 Å². The smallest absolute Gasteiger partial charge is 0.0939 e. The van der Waals surface area contributed by atoms with Crippen LogP contribution in [0.4, 0.5) is 0 Å². The van der Waals surface area contributed by atoms with Crippen molar-refractivity contribution in [2.24, 2.45) is 0 Å². The van der Waals surface area contributed by atoms with Gasteiger partial charge in [0.2, 0.25) is 0 Å². The van der Waals surface area contributed by atoms with E-state index in [1.165, 1.54) is 0 Å². The van der Waals surface area contributed by atoms with E-state index >= 15 is 0 Å². The van der Waals surface area contributed by atoms with Gasteiger partial charge in [0.1, 0.15) is 0 Å². The molecule has 0 aliphatic heterocycles. The van der Waals surface area contributed by atoms with Gasteiger partial charge in [0.15, 0.2) is 0 Å². The number of hydrogen-bond acceptors (Lipinski definition) is 2. The maximum Gasteiger partial charge on any atom is 0.0939 e. The summed E-state index contributed by atoms with van der Waals surface area (Å²) < 4.78 is 0. The molecule has 0 aliphatic carbocycles. The normalized spacial score (nSPS) is 10.5. The molecule has 0 fully saturated rings. The molecule has 0 spiro atoms. The molecule has 0 amide bonds. The third-order valence-corrected chi connectivity index (χ3v) is 2.48. The van der Waals surface area contributed by atoms with Gasteiger partial charge in [-0.3, -0.25) is 5.10 Å². The largest absolute Gasteiger partial charge is 0.314 e. The van der Waals surface area contributed by atoms with E-state index in [9.17, 15) is 0 Å². The summed E-state index contributed by atoms with van der Waals surface area (Å²) in [5.74, 6) is 0. The fraction of sp³-hybridized carbons (Fsp3) is 0.182. The van der Waals surface area contributed by atoms with E-state index in [0.29, 0.717) is 0 Å². The lowest BCUT2D eigenvalue weighted by Crippen LogP contribution is -2.04. The maximum absolute atomic E-state index is 6.08. The van der Waals surface area contributed by atoms with Gasteiger partial charge in [-0.05, 0) is 19.2 Å². The Labute approximate surface area is 93.5 Å². The lowest BCUT2D eigenvalue weighted by Gasteiger charge is -1.97. The van der Waals surface area contributed by atoms with Gasteiger partial charge in [-0.15, -0.1) is 0 Å². The molecular weight excluding hydrogens is 210 g/mol. The average Bonchev–Trinajstić information content (AvgIpc) is 2.68. The number of hydrogen-bond donors (Lipinski definition) is 2. The van der Waals surface area contributed by atoms with Crippen LogP contribution >= 0.6 is 11.6 Å². The summed E-state index contributed by atoms with van der Waals surface area (Å²) in [6, 6.07) is 9.68. The summed E-state index contributed by atoms with van der Waals surface area (Å²) in [5.41, 5.74) is 2.89. The van der Waals surface area contributed by atoms with E-state index in [1.54, 1.807) is 0 Å². The number of rotatable bonds is 3. The van der Waals surface area contributed by atoms with Gasteiger partial charge in [-0.25, -0.2) is 0 Å². The van der Waals surface area contributed by atoms with Crippen LogP contribution in [0.1, 0.15) is 5.69 Å². The van der Waals surface area contributed by atoms with Gasteiger partial charge in [-0.2, -0.15) is 5.10 Å². The molecule has 0 atom stereocenters. The maximum atomic E-state index is 6.08. The summed E-state index contributed by atoms with van der Waals surface area (Å²) in [5, 5.41) is 11.0. The van der Waals surface area contributed by atoms with Gasteiger partial charge in [0, 0.05) is 17.8 Å². The number of aromatic nitrogens is 2. The standard InChI is InChI=1S/C11H12ClN3/c1-13-7-8-6-11(15-14-8)9-4-2-3-5-10(9)12/h2-6,13H,7H2,1H3,(H,14,15). The van der Waals surface area contributed by atoms with Crippen LogP contribution in [0, 0.1) is 0 Å². The third-order valence-electron chi connectivity index (χ3n) is 2.15. The minimum absolute atomic E-state index is 0.722. The predicted molar refractivity (Wildman–Crippen MR) is 61.8 cm³/mol. The van der Waals surface area contributed by atoms with Gasteiger partial charge in [0.05, 0.1) is 10.7 Å². The van der Waals surface area contributed by atoms with Crippen molar-refractivity contribution < 1.29 is 0 Å². The Morgan fingerprint density at radius 2 is 2.20 bits per heavy atom. The zero-order valence-electron chi connectivity index (χ0n) is 8.42. The first-order valence-corrected chi connectivity index (χ1v) is 5.13. The molecule has 15 heavy (non-hydrogen) atoms. The number of halogens is 1.